The third kappa shape index (κ3) is 7.06. The second kappa shape index (κ2) is 11.8. The first kappa shape index (κ1) is 23.2. The molecular weight excluding hydrogens is 407 g/mol. The lowest BCUT2D eigenvalue weighted by atomic mass is 10.0. The molecule has 0 aromatic heterocycles. The van der Waals surface area contributed by atoms with Gasteiger partial charge in [-0.1, -0.05) is 79.9 Å². The molecule has 1 unspecified atom stereocenters. The van der Waals surface area contributed by atoms with Gasteiger partial charge in [0, 0.05) is 25.9 Å². The van der Waals surface area contributed by atoms with E-state index in [2.05, 4.69) is 12.2 Å². The molecule has 2 amide bonds. The summed E-state index contributed by atoms with van der Waals surface area (Å²) in [5.41, 5.74) is 1.84. The van der Waals surface area contributed by atoms with Crippen LogP contribution in [0.5, 0.6) is 0 Å². The quantitative estimate of drug-likeness (QED) is 0.518. The summed E-state index contributed by atoms with van der Waals surface area (Å²) in [6.07, 6.45) is 2.66. The van der Waals surface area contributed by atoms with Crippen LogP contribution in [0, 0.1) is 0 Å². The van der Waals surface area contributed by atoms with E-state index in [0.717, 1.165) is 24.0 Å². The summed E-state index contributed by atoms with van der Waals surface area (Å²) in [7, 11) is 0. The highest BCUT2D eigenvalue weighted by Gasteiger charge is 2.29. The Bertz CT molecular complexity index is 812. The second-order valence-corrected chi connectivity index (χ2v) is 7.79. The molecule has 0 radical (unpaired) electrons. The van der Waals surface area contributed by atoms with Gasteiger partial charge in [0.25, 0.3) is 0 Å². The van der Waals surface area contributed by atoms with Gasteiger partial charge in [-0.15, -0.1) is 0 Å². The average Bonchev–Trinajstić information content (AvgIpc) is 2.73. The van der Waals surface area contributed by atoms with Gasteiger partial charge in [-0.25, -0.2) is 0 Å². The van der Waals surface area contributed by atoms with Crippen molar-refractivity contribution < 1.29 is 9.59 Å². The predicted molar refractivity (Wildman–Crippen MR) is 119 cm³/mol. The molecule has 4 nitrogen and oxygen atoms in total. The fraction of sp³-hybridized carbons (Fsp3) is 0.391. The molecule has 0 saturated carbocycles. The fourth-order valence-electron chi connectivity index (χ4n) is 3.10. The Labute approximate surface area is 183 Å². The van der Waals surface area contributed by atoms with Gasteiger partial charge in [-0.3, -0.25) is 9.59 Å². The lowest BCUT2D eigenvalue weighted by Crippen LogP contribution is -2.50. The Morgan fingerprint density at radius 2 is 1.72 bits per heavy atom. The molecule has 0 heterocycles. The van der Waals surface area contributed by atoms with E-state index in [9.17, 15) is 9.59 Å². The zero-order valence-corrected chi connectivity index (χ0v) is 18.5. The minimum Gasteiger partial charge on any atom is -0.354 e. The molecule has 156 valence electrons. The topological polar surface area (TPSA) is 49.4 Å². The molecule has 2 aromatic carbocycles. The highest BCUT2D eigenvalue weighted by molar-refractivity contribution is 6.42. The van der Waals surface area contributed by atoms with Crippen molar-refractivity contribution in [1.82, 2.24) is 10.2 Å². The van der Waals surface area contributed by atoms with Crippen molar-refractivity contribution in [3.05, 3.63) is 69.7 Å². The summed E-state index contributed by atoms with van der Waals surface area (Å²) in [6, 6.07) is 14.4. The van der Waals surface area contributed by atoms with E-state index in [1.165, 1.54) is 0 Å². The van der Waals surface area contributed by atoms with Crippen LogP contribution in [0.15, 0.2) is 48.5 Å². The van der Waals surface area contributed by atoms with E-state index in [-0.39, 0.29) is 11.8 Å². The Kier molecular flexibility index (Phi) is 9.49. The molecule has 29 heavy (non-hydrogen) atoms. The number of hydrogen-bond donors (Lipinski definition) is 1. The number of nitrogens with zero attached hydrogens (tertiary/aromatic N) is 1. The van der Waals surface area contributed by atoms with E-state index >= 15 is 0 Å². The van der Waals surface area contributed by atoms with Gasteiger partial charge < -0.3 is 10.2 Å². The predicted octanol–water partition coefficient (Wildman–Crippen LogP) is 5.26. The van der Waals surface area contributed by atoms with Gasteiger partial charge in [0.15, 0.2) is 0 Å². The largest absolute Gasteiger partial charge is 0.354 e. The van der Waals surface area contributed by atoms with Crippen LogP contribution in [-0.4, -0.2) is 29.3 Å². The fourth-order valence-corrected chi connectivity index (χ4v) is 3.42. The minimum absolute atomic E-state index is 0.0809. The van der Waals surface area contributed by atoms with E-state index < -0.39 is 6.04 Å². The van der Waals surface area contributed by atoms with Crippen molar-refractivity contribution in [2.75, 3.05) is 6.54 Å². The van der Waals surface area contributed by atoms with Crippen LogP contribution >= 0.6 is 23.2 Å². The first-order chi connectivity index (χ1) is 14.0. The van der Waals surface area contributed by atoms with Crippen molar-refractivity contribution in [2.24, 2.45) is 0 Å². The van der Waals surface area contributed by atoms with E-state index in [4.69, 9.17) is 23.2 Å². The molecule has 1 atom stereocenters. The lowest BCUT2D eigenvalue weighted by Gasteiger charge is -2.31. The van der Waals surface area contributed by atoms with Crippen LogP contribution in [0.1, 0.15) is 44.2 Å². The van der Waals surface area contributed by atoms with Crippen molar-refractivity contribution >= 4 is 35.0 Å². The number of carbonyl (C=O) groups excluding carboxylic acids is 2. The first-order valence-corrected chi connectivity index (χ1v) is 10.8. The Hall–Kier alpha value is -2.04. The molecular formula is C23H28Cl2N2O2. The monoisotopic (exact) mass is 434 g/mol. The zero-order chi connectivity index (χ0) is 21.2. The number of carbonyl (C=O) groups is 2. The van der Waals surface area contributed by atoms with Crippen molar-refractivity contribution in [3.8, 4) is 0 Å². The van der Waals surface area contributed by atoms with E-state index in [0.29, 0.717) is 36.0 Å². The summed E-state index contributed by atoms with van der Waals surface area (Å²) in [4.78, 5) is 27.5. The zero-order valence-electron chi connectivity index (χ0n) is 17.0. The first-order valence-electron chi connectivity index (χ1n) is 10.0. The number of hydrogen-bond acceptors (Lipinski definition) is 2. The summed E-state index contributed by atoms with van der Waals surface area (Å²) < 4.78 is 0. The molecule has 0 saturated heterocycles. The third-order valence-corrected chi connectivity index (χ3v) is 5.48. The molecule has 2 rings (SSSR count). The van der Waals surface area contributed by atoms with Crippen LogP contribution in [0.3, 0.4) is 0 Å². The lowest BCUT2D eigenvalue weighted by molar-refractivity contribution is -0.141. The number of unbranched alkanes of at least 4 members (excludes halogenated alkanes) is 1. The Balaban J connectivity index is 2.32. The molecule has 6 heteroatoms. The SMILES string of the molecule is CCCCNC(=O)C(Cc1ccccc1)N(Cc1ccc(Cl)c(Cl)c1)C(=O)CC. The average molecular weight is 435 g/mol. The minimum atomic E-state index is -0.601. The number of nitrogens with one attached hydrogen (secondary N) is 1. The van der Waals surface area contributed by atoms with Gasteiger partial charge in [-0.05, 0) is 29.7 Å². The Morgan fingerprint density at radius 3 is 2.34 bits per heavy atom. The molecule has 0 aliphatic carbocycles. The second-order valence-electron chi connectivity index (χ2n) is 6.97. The molecule has 1 N–H and O–H groups in total. The van der Waals surface area contributed by atoms with Crippen LogP contribution in [0.4, 0.5) is 0 Å². The summed E-state index contributed by atoms with van der Waals surface area (Å²) in [6.45, 7) is 4.77. The highest BCUT2D eigenvalue weighted by atomic mass is 35.5. The normalized spacial score (nSPS) is 11.7. The molecule has 0 aliphatic heterocycles. The van der Waals surface area contributed by atoms with Gasteiger partial charge in [0.05, 0.1) is 10.0 Å². The third-order valence-electron chi connectivity index (χ3n) is 4.74. The van der Waals surface area contributed by atoms with Crippen molar-refractivity contribution in [1.29, 1.82) is 0 Å². The van der Waals surface area contributed by atoms with Crippen LogP contribution in [-0.2, 0) is 22.6 Å². The number of rotatable bonds is 10. The molecule has 0 bridgehead atoms. The maximum Gasteiger partial charge on any atom is 0.243 e. The number of benzene rings is 2. The van der Waals surface area contributed by atoms with Crippen LogP contribution in [0.25, 0.3) is 0 Å². The maximum atomic E-state index is 13.0. The van der Waals surface area contributed by atoms with E-state index in [1.54, 1.807) is 24.0 Å². The van der Waals surface area contributed by atoms with Gasteiger partial charge >= 0.3 is 0 Å². The molecule has 0 aliphatic rings. The molecule has 0 fully saturated rings. The summed E-state index contributed by atoms with van der Waals surface area (Å²) in [5, 5.41) is 3.88. The van der Waals surface area contributed by atoms with Gasteiger partial charge in [0.1, 0.15) is 6.04 Å². The number of amides is 2. The molecule has 2 aromatic rings. The summed E-state index contributed by atoms with van der Waals surface area (Å²) in [5.74, 6) is -0.216. The molecule has 0 spiro atoms. The standard InChI is InChI=1S/C23H28Cl2N2O2/c1-3-5-13-26-23(29)21(15-17-9-7-6-8-10-17)27(22(28)4-2)16-18-11-12-19(24)20(25)14-18/h6-12,14,21H,3-5,13,15-16H2,1-2H3,(H,26,29). The van der Waals surface area contributed by atoms with Crippen LogP contribution < -0.4 is 5.32 Å². The van der Waals surface area contributed by atoms with Crippen molar-refractivity contribution in [3.63, 3.8) is 0 Å². The highest BCUT2D eigenvalue weighted by Crippen LogP contribution is 2.24. The Morgan fingerprint density at radius 1 is 1.00 bits per heavy atom. The van der Waals surface area contributed by atoms with Gasteiger partial charge in [0.2, 0.25) is 11.8 Å². The number of halogens is 2. The van der Waals surface area contributed by atoms with Crippen molar-refractivity contribution in [2.45, 2.75) is 52.1 Å². The summed E-state index contributed by atoms with van der Waals surface area (Å²) >= 11 is 12.2. The smallest absolute Gasteiger partial charge is 0.243 e. The van der Waals surface area contributed by atoms with E-state index in [1.807, 2.05) is 36.4 Å². The maximum absolute atomic E-state index is 13.0. The van der Waals surface area contributed by atoms with Gasteiger partial charge in [-0.2, -0.15) is 0 Å². The van der Waals surface area contributed by atoms with Crippen LogP contribution in [0.2, 0.25) is 10.0 Å².